The third-order valence-electron chi connectivity index (χ3n) is 6.77. The molecule has 6 nitrogen and oxygen atoms in total. The molecular weight excluding hydrogens is 376 g/mol. The first-order chi connectivity index (χ1) is 13.3. The number of ketones is 1. The largest absolute Gasteiger partial charge is 0.353 e. The predicted octanol–water partition coefficient (Wildman–Crippen LogP) is 2.50. The number of Topliss-reactive ketones (excluding diaryl/α,β-unsaturated/α-hetero) is 1. The van der Waals surface area contributed by atoms with Crippen molar-refractivity contribution in [1.29, 1.82) is 0 Å². The zero-order valence-electron chi connectivity index (χ0n) is 16.2. The molecule has 0 atom stereocenters. The van der Waals surface area contributed by atoms with Crippen molar-refractivity contribution in [3.05, 3.63) is 29.8 Å². The fraction of sp³-hybridized carbons (Fsp3) is 0.619. The molecule has 152 valence electrons. The minimum absolute atomic E-state index is 0.0654. The molecule has 4 saturated carbocycles. The average molecular weight is 405 g/mol. The van der Waals surface area contributed by atoms with E-state index in [4.69, 9.17) is 0 Å². The zero-order chi connectivity index (χ0) is 19.9. The molecule has 5 rings (SSSR count). The van der Waals surface area contributed by atoms with Gasteiger partial charge in [0, 0.05) is 24.6 Å². The smallest absolute Gasteiger partial charge is 0.240 e. The second kappa shape index (κ2) is 7.59. The second-order valence-electron chi connectivity index (χ2n) is 8.75. The van der Waals surface area contributed by atoms with Crippen LogP contribution in [0.2, 0.25) is 0 Å². The molecule has 7 heteroatoms. The molecule has 4 fully saturated rings. The second-order valence-corrected chi connectivity index (χ2v) is 10.5. The summed E-state index contributed by atoms with van der Waals surface area (Å²) in [5, 5.41) is 3.20. The Labute approximate surface area is 166 Å². The van der Waals surface area contributed by atoms with Gasteiger partial charge >= 0.3 is 0 Å². The van der Waals surface area contributed by atoms with Gasteiger partial charge in [-0.05, 0) is 74.8 Å². The lowest BCUT2D eigenvalue weighted by Crippen LogP contribution is -2.56. The van der Waals surface area contributed by atoms with Crippen LogP contribution in [-0.4, -0.2) is 32.7 Å². The number of amides is 1. The standard InChI is InChI=1S/C21H28N2O4S/c1-13(24)16-2-4-19(5-3-16)28(26,27)22-7-6-20(25)23-21-17-9-14-8-15(11-17)12-18(21)10-14/h2-5,14-15,17-18,21-22H,6-12H2,1H3,(H,23,25). The average Bonchev–Trinajstić information content (AvgIpc) is 2.64. The van der Waals surface area contributed by atoms with Crippen LogP contribution in [-0.2, 0) is 14.8 Å². The van der Waals surface area contributed by atoms with Gasteiger partial charge in [-0.15, -0.1) is 0 Å². The Balaban J connectivity index is 1.27. The molecule has 4 aliphatic rings. The van der Waals surface area contributed by atoms with E-state index < -0.39 is 10.0 Å². The van der Waals surface area contributed by atoms with Gasteiger partial charge in [-0.2, -0.15) is 0 Å². The van der Waals surface area contributed by atoms with Crippen LogP contribution in [0, 0.1) is 23.7 Å². The van der Waals surface area contributed by atoms with E-state index in [1.54, 1.807) is 0 Å². The minimum atomic E-state index is -3.69. The highest BCUT2D eigenvalue weighted by Crippen LogP contribution is 2.53. The molecule has 0 aliphatic heterocycles. The quantitative estimate of drug-likeness (QED) is 0.683. The summed E-state index contributed by atoms with van der Waals surface area (Å²) in [6, 6.07) is 6.09. The van der Waals surface area contributed by atoms with E-state index in [2.05, 4.69) is 10.0 Å². The number of hydrogen-bond acceptors (Lipinski definition) is 4. The Morgan fingerprint density at radius 2 is 1.54 bits per heavy atom. The van der Waals surface area contributed by atoms with Crippen LogP contribution in [0.1, 0.15) is 55.8 Å². The summed E-state index contributed by atoms with van der Waals surface area (Å²) in [6.07, 6.45) is 6.46. The van der Waals surface area contributed by atoms with Crippen molar-refractivity contribution in [2.45, 2.75) is 56.4 Å². The molecule has 28 heavy (non-hydrogen) atoms. The van der Waals surface area contributed by atoms with E-state index in [9.17, 15) is 18.0 Å². The van der Waals surface area contributed by atoms with Crippen LogP contribution in [0.3, 0.4) is 0 Å². The number of carbonyl (C=O) groups is 2. The third kappa shape index (κ3) is 4.01. The molecule has 4 aliphatic carbocycles. The van der Waals surface area contributed by atoms with E-state index in [-0.39, 0.29) is 35.6 Å². The summed E-state index contributed by atoms with van der Waals surface area (Å²) >= 11 is 0. The third-order valence-corrected chi connectivity index (χ3v) is 8.25. The molecule has 4 bridgehead atoms. The van der Waals surface area contributed by atoms with Gasteiger partial charge in [0.1, 0.15) is 0 Å². The monoisotopic (exact) mass is 404 g/mol. The normalized spacial score (nSPS) is 31.0. The summed E-state index contributed by atoms with van der Waals surface area (Å²) in [5.41, 5.74) is 0.467. The van der Waals surface area contributed by atoms with E-state index in [1.165, 1.54) is 63.3 Å². The molecule has 0 heterocycles. The summed E-state index contributed by atoms with van der Waals surface area (Å²) < 4.78 is 27.2. The SMILES string of the molecule is CC(=O)c1ccc(S(=O)(=O)NCCC(=O)NC2C3CC4CC(C3)CC2C4)cc1. The zero-order valence-corrected chi connectivity index (χ0v) is 17.0. The number of benzene rings is 1. The van der Waals surface area contributed by atoms with Crippen molar-refractivity contribution in [2.24, 2.45) is 23.7 Å². The van der Waals surface area contributed by atoms with Crippen molar-refractivity contribution in [3.63, 3.8) is 0 Å². The van der Waals surface area contributed by atoms with Crippen molar-refractivity contribution < 1.29 is 18.0 Å². The van der Waals surface area contributed by atoms with Gasteiger partial charge in [0.25, 0.3) is 0 Å². The maximum absolute atomic E-state index is 12.4. The van der Waals surface area contributed by atoms with Gasteiger partial charge < -0.3 is 5.32 Å². The molecule has 1 aromatic rings. The van der Waals surface area contributed by atoms with Gasteiger partial charge in [0.15, 0.2) is 5.78 Å². The summed E-state index contributed by atoms with van der Waals surface area (Å²) in [6.45, 7) is 1.50. The van der Waals surface area contributed by atoms with Crippen LogP contribution in [0.4, 0.5) is 0 Å². The lowest BCUT2D eigenvalue weighted by molar-refractivity contribution is -0.124. The van der Waals surface area contributed by atoms with Crippen molar-refractivity contribution in [1.82, 2.24) is 10.0 Å². The number of hydrogen-bond donors (Lipinski definition) is 2. The van der Waals surface area contributed by atoms with Crippen LogP contribution < -0.4 is 10.0 Å². The molecule has 2 N–H and O–H groups in total. The first kappa shape index (κ1) is 19.6. The van der Waals surface area contributed by atoms with Crippen molar-refractivity contribution >= 4 is 21.7 Å². The summed E-state index contributed by atoms with van der Waals surface area (Å²) in [7, 11) is -3.69. The number of nitrogens with one attached hydrogen (secondary N) is 2. The highest BCUT2D eigenvalue weighted by atomic mass is 32.2. The summed E-state index contributed by atoms with van der Waals surface area (Å²) in [4.78, 5) is 23.8. The van der Waals surface area contributed by atoms with Gasteiger partial charge in [0.05, 0.1) is 4.90 Å². The van der Waals surface area contributed by atoms with Gasteiger partial charge in [-0.3, -0.25) is 9.59 Å². The Bertz CT molecular complexity index is 835. The Kier molecular flexibility index (Phi) is 5.31. The lowest BCUT2D eigenvalue weighted by Gasteiger charge is -2.54. The molecule has 1 amide bonds. The van der Waals surface area contributed by atoms with Gasteiger partial charge in [0.2, 0.25) is 15.9 Å². The molecule has 0 radical (unpaired) electrons. The number of rotatable bonds is 7. The maximum atomic E-state index is 12.4. The highest BCUT2D eigenvalue weighted by molar-refractivity contribution is 7.89. The van der Waals surface area contributed by atoms with Crippen LogP contribution in [0.15, 0.2) is 29.2 Å². The molecule has 1 aromatic carbocycles. The van der Waals surface area contributed by atoms with E-state index in [1.807, 2.05) is 0 Å². The highest BCUT2D eigenvalue weighted by Gasteiger charge is 2.48. The van der Waals surface area contributed by atoms with Crippen molar-refractivity contribution in [2.75, 3.05) is 6.54 Å². The van der Waals surface area contributed by atoms with E-state index >= 15 is 0 Å². The first-order valence-corrected chi connectivity index (χ1v) is 11.7. The van der Waals surface area contributed by atoms with Crippen LogP contribution in [0.5, 0.6) is 0 Å². The molecule has 0 saturated heterocycles. The topological polar surface area (TPSA) is 92.3 Å². The lowest BCUT2D eigenvalue weighted by atomic mass is 9.54. The molecule has 0 aromatic heterocycles. The van der Waals surface area contributed by atoms with E-state index in [0.29, 0.717) is 17.4 Å². The van der Waals surface area contributed by atoms with Crippen molar-refractivity contribution in [3.8, 4) is 0 Å². The maximum Gasteiger partial charge on any atom is 0.240 e. The number of carbonyl (C=O) groups excluding carboxylic acids is 2. The summed E-state index contributed by atoms with van der Waals surface area (Å²) in [5.74, 6) is 2.74. The molecule has 0 spiro atoms. The minimum Gasteiger partial charge on any atom is -0.353 e. The Morgan fingerprint density at radius 1 is 0.964 bits per heavy atom. The molecule has 0 unspecified atom stereocenters. The fourth-order valence-corrected chi connectivity index (χ4v) is 6.70. The van der Waals surface area contributed by atoms with Gasteiger partial charge in [-0.1, -0.05) is 12.1 Å². The number of sulfonamides is 1. The van der Waals surface area contributed by atoms with E-state index in [0.717, 1.165) is 11.8 Å². The van der Waals surface area contributed by atoms with Crippen LogP contribution in [0.25, 0.3) is 0 Å². The molecular formula is C21H28N2O4S. The van der Waals surface area contributed by atoms with Gasteiger partial charge in [-0.25, -0.2) is 13.1 Å². The first-order valence-electron chi connectivity index (χ1n) is 10.2. The Hall–Kier alpha value is -1.73. The fourth-order valence-electron chi connectivity index (χ4n) is 5.67. The van der Waals surface area contributed by atoms with Crippen LogP contribution >= 0.6 is 0 Å². The Morgan fingerprint density at radius 3 is 2.07 bits per heavy atom. The predicted molar refractivity (Wildman–Crippen MR) is 105 cm³/mol.